The van der Waals surface area contributed by atoms with Crippen LogP contribution in [0, 0.1) is 0 Å². The monoisotopic (exact) mass is 446 g/mol. The van der Waals surface area contributed by atoms with Crippen LogP contribution in [0.5, 0.6) is 11.5 Å². The van der Waals surface area contributed by atoms with Crippen LogP contribution in [0.15, 0.2) is 54.8 Å². The predicted molar refractivity (Wildman–Crippen MR) is 110 cm³/mol. The van der Waals surface area contributed by atoms with Crippen molar-refractivity contribution < 1.29 is 23.4 Å². The summed E-state index contributed by atoms with van der Waals surface area (Å²) in [7, 11) is 1.36. The Labute approximate surface area is 178 Å². The number of rotatable bonds is 2. The molecule has 1 aliphatic heterocycles. The number of halogens is 2. The Kier molecular flexibility index (Phi) is 4.28. The summed E-state index contributed by atoms with van der Waals surface area (Å²) in [6.45, 7) is 0. The molecule has 9 heteroatoms. The van der Waals surface area contributed by atoms with E-state index in [9.17, 15) is 14.7 Å². The SMILES string of the molecule is COC1Oc2c(c(=O)oc3cc(Cl)ccc23)C1c1c(O)c2ccc(Cl)cc2oc1=O. The van der Waals surface area contributed by atoms with E-state index >= 15 is 0 Å². The molecule has 0 radical (unpaired) electrons. The van der Waals surface area contributed by atoms with Gasteiger partial charge in [-0.05, 0) is 24.3 Å². The standard InChI is InChI=1S/C21H12Cl2O7/c1-27-21-14(15-17(24)10-4-2-8(22)6-12(10)28-19(15)25)16-18(30-21)11-5-3-9(23)7-13(11)29-20(16)26/h2-7,14,21,24H,1H3. The van der Waals surface area contributed by atoms with E-state index in [1.807, 2.05) is 0 Å². The van der Waals surface area contributed by atoms with Crippen LogP contribution in [0.3, 0.4) is 0 Å². The highest BCUT2D eigenvalue weighted by molar-refractivity contribution is 6.31. The van der Waals surface area contributed by atoms with Crippen molar-refractivity contribution in [1.29, 1.82) is 0 Å². The largest absolute Gasteiger partial charge is 0.507 e. The maximum Gasteiger partial charge on any atom is 0.344 e. The molecule has 5 rings (SSSR count). The smallest absolute Gasteiger partial charge is 0.344 e. The molecular formula is C21H12Cl2O7. The number of ether oxygens (including phenoxy) is 2. The normalized spacial score (nSPS) is 18.0. The minimum absolute atomic E-state index is 0.0487. The molecule has 0 aliphatic carbocycles. The average Bonchev–Trinajstić information content (AvgIpc) is 3.07. The first-order valence-corrected chi connectivity index (χ1v) is 9.55. The number of aromatic hydroxyl groups is 1. The molecule has 0 amide bonds. The van der Waals surface area contributed by atoms with Crippen molar-refractivity contribution in [3.05, 3.63) is 78.4 Å². The summed E-state index contributed by atoms with van der Waals surface area (Å²) in [6, 6.07) is 9.23. The van der Waals surface area contributed by atoms with Gasteiger partial charge < -0.3 is 23.4 Å². The van der Waals surface area contributed by atoms with Gasteiger partial charge in [-0.15, -0.1) is 0 Å². The summed E-state index contributed by atoms with van der Waals surface area (Å²) < 4.78 is 22.0. The van der Waals surface area contributed by atoms with Crippen molar-refractivity contribution in [2.24, 2.45) is 0 Å². The van der Waals surface area contributed by atoms with Gasteiger partial charge in [0.2, 0.25) is 6.29 Å². The molecule has 2 atom stereocenters. The molecule has 0 saturated heterocycles. The second-order valence-corrected chi connectivity index (χ2v) is 7.64. The van der Waals surface area contributed by atoms with Crippen molar-refractivity contribution >= 4 is 45.1 Å². The van der Waals surface area contributed by atoms with Gasteiger partial charge in [-0.25, -0.2) is 9.59 Å². The average molecular weight is 447 g/mol. The lowest BCUT2D eigenvalue weighted by Crippen LogP contribution is -2.28. The van der Waals surface area contributed by atoms with Crippen LogP contribution in [-0.2, 0) is 4.74 Å². The van der Waals surface area contributed by atoms with Crippen LogP contribution in [0.2, 0.25) is 10.0 Å². The van der Waals surface area contributed by atoms with E-state index in [-0.39, 0.29) is 39.2 Å². The molecule has 2 aromatic carbocycles. The van der Waals surface area contributed by atoms with Gasteiger partial charge in [-0.1, -0.05) is 23.2 Å². The van der Waals surface area contributed by atoms with E-state index in [2.05, 4.69) is 0 Å². The minimum atomic E-state index is -1.07. The fourth-order valence-corrected chi connectivity index (χ4v) is 4.11. The van der Waals surface area contributed by atoms with Gasteiger partial charge in [0.1, 0.15) is 22.7 Å². The van der Waals surface area contributed by atoms with E-state index in [4.69, 9.17) is 41.5 Å². The Hall–Kier alpha value is -3.00. The highest BCUT2D eigenvalue weighted by atomic mass is 35.5. The second-order valence-electron chi connectivity index (χ2n) is 6.76. The lowest BCUT2D eigenvalue weighted by Gasteiger charge is -2.17. The Bertz CT molecular complexity index is 1450. The molecule has 152 valence electrons. The van der Waals surface area contributed by atoms with Gasteiger partial charge in [0.15, 0.2) is 0 Å². The molecule has 7 nitrogen and oxygen atoms in total. The highest BCUT2D eigenvalue weighted by Crippen LogP contribution is 2.46. The third-order valence-electron chi connectivity index (χ3n) is 5.09. The van der Waals surface area contributed by atoms with Gasteiger partial charge in [0.05, 0.1) is 27.8 Å². The van der Waals surface area contributed by atoms with Crippen LogP contribution >= 0.6 is 23.2 Å². The van der Waals surface area contributed by atoms with Gasteiger partial charge in [0.25, 0.3) is 0 Å². The van der Waals surface area contributed by atoms with Crippen molar-refractivity contribution in [3.63, 3.8) is 0 Å². The van der Waals surface area contributed by atoms with E-state index in [1.54, 1.807) is 18.2 Å². The molecule has 1 aliphatic rings. The topological polar surface area (TPSA) is 99.1 Å². The van der Waals surface area contributed by atoms with Gasteiger partial charge >= 0.3 is 11.3 Å². The van der Waals surface area contributed by atoms with E-state index in [1.165, 1.54) is 25.3 Å². The lowest BCUT2D eigenvalue weighted by molar-refractivity contribution is -0.0472. The van der Waals surface area contributed by atoms with Crippen LogP contribution in [0.25, 0.3) is 21.9 Å². The molecule has 30 heavy (non-hydrogen) atoms. The molecule has 1 N–H and O–H groups in total. The number of fused-ring (bicyclic) bond motifs is 4. The molecule has 3 heterocycles. The number of hydrogen-bond acceptors (Lipinski definition) is 7. The molecule has 2 unspecified atom stereocenters. The number of hydrogen-bond donors (Lipinski definition) is 1. The van der Waals surface area contributed by atoms with Gasteiger partial charge in [-0.3, -0.25) is 0 Å². The number of methoxy groups -OCH3 is 1. The zero-order valence-electron chi connectivity index (χ0n) is 15.3. The fourth-order valence-electron chi connectivity index (χ4n) is 3.79. The summed E-state index contributed by atoms with van der Waals surface area (Å²) in [5.41, 5.74) is -1.36. The molecule has 4 aromatic rings. The molecule has 0 bridgehead atoms. The summed E-state index contributed by atoms with van der Waals surface area (Å²) in [6.07, 6.45) is -1.07. The van der Waals surface area contributed by atoms with Crippen molar-refractivity contribution in [2.45, 2.75) is 12.2 Å². The predicted octanol–water partition coefficient (Wildman–Crippen LogP) is 4.41. The summed E-state index contributed by atoms with van der Waals surface area (Å²) >= 11 is 11.9. The zero-order chi connectivity index (χ0) is 21.2. The Balaban J connectivity index is 1.83. The third kappa shape index (κ3) is 2.70. The zero-order valence-corrected chi connectivity index (χ0v) is 16.8. The van der Waals surface area contributed by atoms with Crippen molar-refractivity contribution in [3.8, 4) is 11.5 Å². The van der Waals surface area contributed by atoms with Crippen molar-refractivity contribution in [1.82, 2.24) is 0 Å². The van der Waals surface area contributed by atoms with E-state index in [0.717, 1.165) is 0 Å². The molecule has 0 saturated carbocycles. The fraction of sp³-hybridized carbons (Fsp3) is 0.143. The lowest BCUT2D eigenvalue weighted by atomic mass is 9.92. The summed E-state index contributed by atoms with van der Waals surface area (Å²) in [5, 5.41) is 12.4. The molecule has 0 fully saturated rings. The van der Waals surface area contributed by atoms with Crippen LogP contribution in [0.4, 0.5) is 0 Å². The quantitative estimate of drug-likeness (QED) is 0.455. The minimum Gasteiger partial charge on any atom is -0.507 e. The first kappa shape index (κ1) is 19.0. The second kappa shape index (κ2) is 6.77. The molecule has 0 spiro atoms. The summed E-state index contributed by atoms with van der Waals surface area (Å²) in [4.78, 5) is 25.6. The first-order chi connectivity index (χ1) is 14.4. The highest BCUT2D eigenvalue weighted by Gasteiger charge is 2.44. The Morgan fingerprint density at radius 2 is 1.47 bits per heavy atom. The summed E-state index contributed by atoms with van der Waals surface area (Å²) in [5.74, 6) is -1.22. The van der Waals surface area contributed by atoms with Crippen molar-refractivity contribution in [2.75, 3.05) is 7.11 Å². The molecular weight excluding hydrogens is 435 g/mol. The van der Waals surface area contributed by atoms with Crippen LogP contribution < -0.4 is 16.0 Å². The van der Waals surface area contributed by atoms with Crippen LogP contribution in [-0.4, -0.2) is 18.5 Å². The van der Waals surface area contributed by atoms with Crippen LogP contribution in [0.1, 0.15) is 17.0 Å². The Morgan fingerprint density at radius 3 is 2.10 bits per heavy atom. The maximum atomic E-state index is 12.8. The first-order valence-electron chi connectivity index (χ1n) is 8.80. The number of benzene rings is 2. The third-order valence-corrected chi connectivity index (χ3v) is 5.56. The van der Waals surface area contributed by atoms with E-state index in [0.29, 0.717) is 15.4 Å². The van der Waals surface area contributed by atoms with E-state index < -0.39 is 23.5 Å². The van der Waals surface area contributed by atoms with Gasteiger partial charge in [0, 0.05) is 29.3 Å². The Morgan fingerprint density at radius 1 is 0.900 bits per heavy atom. The maximum absolute atomic E-state index is 12.8. The molecule has 2 aromatic heterocycles. The van der Waals surface area contributed by atoms with Gasteiger partial charge in [-0.2, -0.15) is 0 Å².